The lowest BCUT2D eigenvalue weighted by Gasteiger charge is -2.24. The largest absolute Gasteiger partial charge is 0.318 e. The Morgan fingerprint density at radius 2 is 2.21 bits per heavy atom. The molecule has 1 unspecified atom stereocenters. The molecule has 1 atom stereocenters. The van der Waals surface area contributed by atoms with Gasteiger partial charge in [-0.1, -0.05) is 13.8 Å². The van der Waals surface area contributed by atoms with E-state index in [0.29, 0.717) is 0 Å². The van der Waals surface area contributed by atoms with E-state index < -0.39 is 0 Å². The Hall–Kier alpha value is -0.0800. The molecular weight excluding hydrogens is 172 g/mol. The standard InChI is InChI=1S/C12H26N2/c1-11(2)6-4-8-14-9-5-7-12(14)10-13-3/h11-13H,4-10H2,1-3H3. The number of nitrogens with zero attached hydrogens (tertiary/aromatic N) is 1. The Morgan fingerprint density at radius 3 is 2.86 bits per heavy atom. The third kappa shape index (κ3) is 3.97. The van der Waals surface area contributed by atoms with Crippen LogP contribution in [-0.4, -0.2) is 37.6 Å². The van der Waals surface area contributed by atoms with Crippen molar-refractivity contribution in [3.05, 3.63) is 0 Å². The summed E-state index contributed by atoms with van der Waals surface area (Å²) in [4.78, 5) is 2.67. The van der Waals surface area contributed by atoms with Gasteiger partial charge in [-0.25, -0.2) is 0 Å². The molecule has 14 heavy (non-hydrogen) atoms. The van der Waals surface area contributed by atoms with Gasteiger partial charge in [-0.15, -0.1) is 0 Å². The van der Waals surface area contributed by atoms with Crippen LogP contribution >= 0.6 is 0 Å². The number of rotatable bonds is 6. The van der Waals surface area contributed by atoms with Crippen LogP contribution in [-0.2, 0) is 0 Å². The molecular formula is C12H26N2. The molecule has 0 saturated carbocycles. The average molecular weight is 198 g/mol. The van der Waals surface area contributed by atoms with Gasteiger partial charge in [0, 0.05) is 12.6 Å². The second-order valence-electron chi connectivity index (χ2n) is 4.93. The lowest BCUT2D eigenvalue weighted by molar-refractivity contribution is 0.241. The molecule has 0 amide bonds. The van der Waals surface area contributed by atoms with Crippen LogP contribution in [0.5, 0.6) is 0 Å². The highest BCUT2D eigenvalue weighted by molar-refractivity contribution is 4.80. The molecule has 0 aromatic carbocycles. The van der Waals surface area contributed by atoms with Gasteiger partial charge >= 0.3 is 0 Å². The summed E-state index contributed by atoms with van der Waals surface area (Å²) in [6, 6.07) is 0.812. The molecule has 0 aromatic heterocycles. The predicted molar refractivity (Wildman–Crippen MR) is 62.6 cm³/mol. The zero-order valence-corrected chi connectivity index (χ0v) is 10.1. The van der Waals surface area contributed by atoms with Crippen molar-refractivity contribution < 1.29 is 0 Å². The van der Waals surface area contributed by atoms with Crippen molar-refractivity contribution in [2.45, 2.75) is 45.6 Å². The third-order valence-electron chi connectivity index (χ3n) is 3.17. The van der Waals surface area contributed by atoms with Gasteiger partial charge in [0.1, 0.15) is 0 Å². The molecule has 0 aliphatic carbocycles. The smallest absolute Gasteiger partial charge is 0.0220 e. The first kappa shape index (κ1) is 12.0. The van der Waals surface area contributed by atoms with E-state index in [0.717, 1.165) is 12.0 Å². The van der Waals surface area contributed by atoms with Crippen molar-refractivity contribution in [3.63, 3.8) is 0 Å². The molecule has 2 nitrogen and oxygen atoms in total. The van der Waals surface area contributed by atoms with Crippen LogP contribution in [0.4, 0.5) is 0 Å². The maximum atomic E-state index is 3.30. The lowest BCUT2D eigenvalue weighted by Crippen LogP contribution is -2.37. The van der Waals surface area contributed by atoms with E-state index in [4.69, 9.17) is 0 Å². The molecule has 84 valence electrons. The first-order valence-corrected chi connectivity index (χ1v) is 6.12. The summed E-state index contributed by atoms with van der Waals surface area (Å²) in [5.74, 6) is 0.861. The minimum absolute atomic E-state index is 0.812. The molecule has 1 N–H and O–H groups in total. The maximum Gasteiger partial charge on any atom is 0.0220 e. The molecule has 1 aliphatic rings. The van der Waals surface area contributed by atoms with E-state index in [9.17, 15) is 0 Å². The summed E-state index contributed by atoms with van der Waals surface area (Å²) in [6.07, 6.45) is 5.54. The second kappa shape index (κ2) is 6.41. The zero-order chi connectivity index (χ0) is 10.4. The summed E-state index contributed by atoms with van der Waals surface area (Å²) in [5.41, 5.74) is 0. The van der Waals surface area contributed by atoms with Gasteiger partial charge in [0.25, 0.3) is 0 Å². The molecule has 1 heterocycles. The number of likely N-dealkylation sites (N-methyl/N-ethyl adjacent to an activating group) is 1. The normalized spacial score (nSPS) is 23.6. The quantitative estimate of drug-likeness (QED) is 0.703. The van der Waals surface area contributed by atoms with Crippen LogP contribution in [0.3, 0.4) is 0 Å². The molecule has 0 aromatic rings. The van der Waals surface area contributed by atoms with Crippen LogP contribution in [0.25, 0.3) is 0 Å². The van der Waals surface area contributed by atoms with Crippen LogP contribution in [0.2, 0.25) is 0 Å². The zero-order valence-electron chi connectivity index (χ0n) is 10.1. The topological polar surface area (TPSA) is 15.3 Å². The highest BCUT2D eigenvalue weighted by atomic mass is 15.2. The van der Waals surface area contributed by atoms with Gasteiger partial charge < -0.3 is 5.32 Å². The predicted octanol–water partition coefficient (Wildman–Crippen LogP) is 2.11. The number of nitrogens with one attached hydrogen (secondary N) is 1. The Labute approximate surface area is 89.1 Å². The fraction of sp³-hybridized carbons (Fsp3) is 1.00. The molecule has 2 heteroatoms. The Balaban J connectivity index is 2.15. The van der Waals surface area contributed by atoms with Crippen LogP contribution < -0.4 is 5.32 Å². The van der Waals surface area contributed by atoms with Crippen molar-refractivity contribution in [1.29, 1.82) is 0 Å². The van der Waals surface area contributed by atoms with Gasteiger partial charge in [-0.3, -0.25) is 4.90 Å². The Bertz CT molecular complexity index is 145. The fourth-order valence-electron chi connectivity index (χ4n) is 2.36. The van der Waals surface area contributed by atoms with E-state index in [2.05, 4.69) is 31.1 Å². The summed E-state index contributed by atoms with van der Waals surface area (Å²) in [6.45, 7) is 8.43. The second-order valence-corrected chi connectivity index (χ2v) is 4.93. The van der Waals surface area contributed by atoms with Gasteiger partial charge in [0.2, 0.25) is 0 Å². The van der Waals surface area contributed by atoms with Crippen LogP contribution in [0.15, 0.2) is 0 Å². The fourth-order valence-corrected chi connectivity index (χ4v) is 2.36. The van der Waals surface area contributed by atoms with Gasteiger partial charge in [0.15, 0.2) is 0 Å². The minimum Gasteiger partial charge on any atom is -0.318 e. The first-order valence-electron chi connectivity index (χ1n) is 6.12. The first-order chi connectivity index (χ1) is 6.74. The van der Waals surface area contributed by atoms with E-state index in [1.165, 1.54) is 45.3 Å². The minimum atomic E-state index is 0.812. The summed E-state index contributed by atoms with van der Waals surface area (Å²) in [5, 5.41) is 3.30. The SMILES string of the molecule is CNCC1CCCN1CCCC(C)C. The summed E-state index contributed by atoms with van der Waals surface area (Å²) >= 11 is 0. The highest BCUT2D eigenvalue weighted by Gasteiger charge is 2.22. The monoisotopic (exact) mass is 198 g/mol. The van der Waals surface area contributed by atoms with E-state index in [-0.39, 0.29) is 0 Å². The van der Waals surface area contributed by atoms with Gasteiger partial charge in [-0.2, -0.15) is 0 Å². The summed E-state index contributed by atoms with van der Waals surface area (Å²) in [7, 11) is 2.06. The molecule has 0 radical (unpaired) electrons. The van der Waals surface area contributed by atoms with Crippen molar-refractivity contribution in [2.24, 2.45) is 5.92 Å². The van der Waals surface area contributed by atoms with E-state index in [1.54, 1.807) is 0 Å². The van der Waals surface area contributed by atoms with E-state index in [1.807, 2.05) is 0 Å². The van der Waals surface area contributed by atoms with Gasteiger partial charge in [-0.05, 0) is 51.7 Å². The molecule has 1 saturated heterocycles. The van der Waals surface area contributed by atoms with E-state index >= 15 is 0 Å². The molecule has 0 spiro atoms. The number of hydrogen-bond acceptors (Lipinski definition) is 2. The maximum absolute atomic E-state index is 3.30. The van der Waals surface area contributed by atoms with Crippen molar-refractivity contribution in [3.8, 4) is 0 Å². The van der Waals surface area contributed by atoms with Crippen molar-refractivity contribution >= 4 is 0 Å². The molecule has 0 bridgehead atoms. The number of hydrogen-bond donors (Lipinski definition) is 1. The molecule has 1 fully saturated rings. The number of likely N-dealkylation sites (tertiary alicyclic amines) is 1. The Morgan fingerprint density at radius 1 is 1.43 bits per heavy atom. The van der Waals surface area contributed by atoms with Crippen LogP contribution in [0.1, 0.15) is 39.5 Å². The third-order valence-corrected chi connectivity index (χ3v) is 3.17. The summed E-state index contributed by atoms with van der Waals surface area (Å²) < 4.78 is 0. The van der Waals surface area contributed by atoms with Crippen molar-refractivity contribution in [2.75, 3.05) is 26.7 Å². The van der Waals surface area contributed by atoms with Gasteiger partial charge in [0.05, 0.1) is 0 Å². The Kier molecular flexibility index (Phi) is 5.49. The van der Waals surface area contributed by atoms with Crippen LogP contribution in [0, 0.1) is 5.92 Å². The van der Waals surface area contributed by atoms with Crippen molar-refractivity contribution in [1.82, 2.24) is 10.2 Å². The molecule has 1 rings (SSSR count). The average Bonchev–Trinajstić information content (AvgIpc) is 2.53. The highest BCUT2D eigenvalue weighted by Crippen LogP contribution is 2.17. The lowest BCUT2D eigenvalue weighted by atomic mass is 10.1. The molecule has 1 aliphatic heterocycles.